The Labute approximate surface area is 173 Å². The minimum atomic E-state index is -0.946. The molecule has 0 radical (unpaired) electrons. The fourth-order valence-corrected chi connectivity index (χ4v) is 3.42. The lowest BCUT2D eigenvalue weighted by Gasteiger charge is -2.26. The van der Waals surface area contributed by atoms with E-state index in [1.54, 1.807) is 0 Å². The van der Waals surface area contributed by atoms with Crippen molar-refractivity contribution in [1.82, 2.24) is 9.80 Å². The first-order valence-electron chi connectivity index (χ1n) is 9.27. The van der Waals surface area contributed by atoms with E-state index in [-0.39, 0.29) is 23.4 Å². The van der Waals surface area contributed by atoms with Crippen LogP contribution in [0, 0.1) is 11.6 Å². The quantitative estimate of drug-likeness (QED) is 0.446. The summed E-state index contributed by atoms with van der Waals surface area (Å²) in [6.07, 6.45) is 0. The van der Waals surface area contributed by atoms with E-state index in [1.807, 2.05) is 19.0 Å². The Morgan fingerprint density at radius 1 is 1.10 bits per heavy atom. The van der Waals surface area contributed by atoms with Crippen LogP contribution >= 0.6 is 0 Å². The Balaban J connectivity index is 2.20. The maximum Gasteiger partial charge on any atom is 0.295 e. The summed E-state index contributed by atoms with van der Waals surface area (Å²) in [5, 5.41) is 11.0. The number of rotatable bonds is 6. The Morgan fingerprint density at radius 2 is 1.73 bits per heavy atom. The number of hydrogen-bond acceptors (Lipinski definition) is 5. The number of ether oxygens (including phenoxy) is 1. The topological polar surface area (TPSA) is 70.1 Å². The van der Waals surface area contributed by atoms with Gasteiger partial charge in [0.1, 0.15) is 23.1 Å². The average Bonchev–Trinajstić information content (AvgIpc) is 2.97. The summed E-state index contributed by atoms with van der Waals surface area (Å²) in [6, 6.07) is 7.88. The zero-order valence-electron chi connectivity index (χ0n) is 16.9. The number of ketones is 1. The van der Waals surface area contributed by atoms with Gasteiger partial charge in [0.05, 0.1) is 24.3 Å². The monoisotopic (exact) mass is 416 g/mol. The van der Waals surface area contributed by atoms with E-state index in [1.165, 1.54) is 42.3 Å². The highest BCUT2D eigenvalue weighted by atomic mass is 19.1. The van der Waals surface area contributed by atoms with Gasteiger partial charge in [-0.25, -0.2) is 8.78 Å². The summed E-state index contributed by atoms with van der Waals surface area (Å²) in [4.78, 5) is 28.8. The average molecular weight is 416 g/mol. The van der Waals surface area contributed by atoms with Crippen LogP contribution in [0.3, 0.4) is 0 Å². The second-order valence-electron chi connectivity index (χ2n) is 7.19. The van der Waals surface area contributed by atoms with Crippen LogP contribution in [0.25, 0.3) is 5.76 Å². The molecule has 1 aliphatic heterocycles. The van der Waals surface area contributed by atoms with Crippen LogP contribution in [0.4, 0.5) is 8.78 Å². The number of carbonyl (C=O) groups excluding carboxylic acids is 2. The molecule has 1 heterocycles. The molecule has 1 saturated heterocycles. The van der Waals surface area contributed by atoms with Crippen molar-refractivity contribution in [2.24, 2.45) is 0 Å². The van der Waals surface area contributed by atoms with Gasteiger partial charge in [0.15, 0.2) is 0 Å². The first kappa shape index (κ1) is 21.4. The molecule has 0 saturated carbocycles. The van der Waals surface area contributed by atoms with Crippen molar-refractivity contribution in [2.75, 3.05) is 34.3 Å². The predicted molar refractivity (Wildman–Crippen MR) is 107 cm³/mol. The van der Waals surface area contributed by atoms with Gasteiger partial charge >= 0.3 is 0 Å². The van der Waals surface area contributed by atoms with Crippen LogP contribution in [-0.4, -0.2) is 60.9 Å². The molecule has 1 atom stereocenters. The van der Waals surface area contributed by atoms with Crippen LogP contribution in [0.15, 0.2) is 48.0 Å². The van der Waals surface area contributed by atoms with Gasteiger partial charge in [-0.05, 0) is 50.0 Å². The minimum absolute atomic E-state index is 0.0461. The number of aliphatic hydroxyl groups is 1. The van der Waals surface area contributed by atoms with Crippen molar-refractivity contribution < 1.29 is 28.2 Å². The molecule has 0 spiro atoms. The molecule has 3 rings (SSSR count). The van der Waals surface area contributed by atoms with Gasteiger partial charge < -0.3 is 19.6 Å². The summed E-state index contributed by atoms with van der Waals surface area (Å²) in [5.74, 6) is -3.21. The zero-order chi connectivity index (χ0) is 22.0. The molecule has 1 amide bonds. The van der Waals surface area contributed by atoms with Gasteiger partial charge in [-0.1, -0.05) is 12.1 Å². The number of aliphatic hydroxyl groups excluding tert-OH is 1. The number of amides is 1. The Bertz CT molecular complexity index is 1000. The van der Waals surface area contributed by atoms with E-state index in [0.29, 0.717) is 12.1 Å². The largest absolute Gasteiger partial charge is 0.507 e. The second kappa shape index (κ2) is 8.62. The number of carbonyl (C=O) groups is 2. The number of benzene rings is 2. The molecular formula is C22H22F2N2O4. The molecule has 1 aliphatic rings. The highest BCUT2D eigenvalue weighted by Gasteiger charge is 2.46. The first-order chi connectivity index (χ1) is 14.2. The standard InChI is InChI=1S/C22H22F2N2O4/c1-25(2)10-11-26-19(13-4-6-14(23)7-5-13)18(21(28)22(26)29)20(27)16-12-15(24)8-9-17(16)30-3/h4-9,12,19,27H,10-11H2,1-3H3/b20-18+. The van der Waals surface area contributed by atoms with Gasteiger partial charge in [0.2, 0.25) is 0 Å². The molecule has 8 heteroatoms. The SMILES string of the molecule is COc1ccc(F)cc1/C(O)=C1\C(=O)C(=O)N(CCN(C)C)C1c1ccc(F)cc1. The Kier molecular flexibility index (Phi) is 6.17. The summed E-state index contributed by atoms with van der Waals surface area (Å²) >= 11 is 0. The number of methoxy groups -OCH3 is 1. The molecule has 2 aromatic carbocycles. The van der Waals surface area contributed by atoms with E-state index in [4.69, 9.17) is 4.74 Å². The van der Waals surface area contributed by atoms with Gasteiger partial charge in [0, 0.05) is 13.1 Å². The van der Waals surface area contributed by atoms with Crippen molar-refractivity contribution in [1.29, 1.82) is 0 Å². The highest BCUT2D eigenvalue weighted by molar-refractivity contribution is 6.46. The Hall–Kier alpha value is -3.26. The van der Waals surface area contributed by atoms with Crippen LogP contribution in [0.5, 0.6) is 5.75 Å². The van der Waals surface area contributed by atoms with E-state index < -0.39 is 35.1 Å². The fraction of sp³-hybridized carbons (Fsp3) is 0.273. The molecule has 1 unspecified atom stereocenters. The summed E-state index contributed by atoms with van der Waals surface area (Å²) in [7, 11) is 4.99. The summed E-state index contributed by atoms with van der Waals surface area (Å²) in [6.45, 7) is 0.671. The molecule has 30 heavy (non-hydrogen) atoms. The van der Waals surface area contributed by atoms with E-state index in [0.717, 1.165) is 12.1 Å². The van der Waals surface area contributed by atoms with Crippen molar-refractivity contribution >= 4 is 17.4 Å². The lowest BCUT2D eigenvalue weighted by atomic mass is 9.95. The van der Waals surface area contributed by atoms with Crippen LogP contribution < -0.4 is 4.74 Å². The molecular weight excluding hydrogens is 394 g/mol. The third-order valence-electron chi connectivity index (χ3n) is 4.93. The highest BCUT2D eigenvalue weighted by Crippen LogP contribution is 2.40. The molecule has 0 aliphatic carbocycles. The number of halogens is 2. The third kappa shape index (κ3) is 4.04. The maximum atomic E-state index is 13.9. The molecule has 158 valence electrons. The second-order valence-corrected chi connectivity index (χ2v) is 7.19. The number of hydrogen-bond donors (Lipinski definition) is 1. The maximum absolute atomic E-state index is 13.9. The fourth-order valence-electron chi connectivity index (χ4n) is 3.42. The van der Waals surface area contributed by atoms with Crippen LogP contribution in [0.1, 0.15) is 17.2 Å². The van der Waals surface area contributed by atoms with Crippen LogP contribution in [0.2, 0.25) is 0 Å². The number of Topliss-reactive ketones (excluding diaryl/α,β-unsaturated/α-hetero) is 1. The minimum Gasteiger partial charge on any atom is -0.507 e. The molecule has 0 aromatic heterocycles. The molecule has 1 fully saturated rings. The van der Waals surface area contributed by atoms with E-state index in [2.05, 4.69) is 0 Å². The van der Waals surface area contributed by atoms with Gasteiger partial charge in [-0.2, -0.15) is 0 Å². The lowest BCUT2D eigenvalue weighted by Crippen LogP contribution is -2.35. The molecule has 0 bridgehead atoms. The lowest BCUT2D eigenvalue weighted by molar-refractivity contribution is -0.140. The summed E-state index contributed by atoms with van der Waals surface area (Å²) in [5.41, 5.74) is 0.204. The van der Waals surface area contributed by atoms with Crippen molar-refractivity contribution in [2.45, 2.75) is 6.04 Å². The Morgan fingerprint density at radius 3 is 2.33 bits per heavy atom. The summed E-state index contributed by atoms with van der Waals surface area (Å²) < 4.78 is 32.5. The van der Waals surface area contributed by atoms with Gasteiger partial charge in [-0.3, -0.25) is 9.59 Å². The number of likely N-dealkylation sites (tertiary alicyclic amines) is 1. The van der Waals surface area contributed by atoms with Gasteiger partial charge in [0.25, 0.3) is 11.7 Å². The number of likely N-dealkylation sites (N-methyl/N-ethyl adjacent to an activating group) is 1. The number of nitrogens with zero attached hydrogens (tertiary/aromatic N) is 2. The van der Waals surface area contributed by atoms with Crippen molar-refractivity contribution in [3.63, 3.8) is 0 Å². The zero-order valence-corrected chi connectivity index (χ0v) is 16.9. The van der Waals surface area contributed by atoms with E-state index in [9.17, 15) is 23.5 Å². The van der Waals surface area contributed by atoms with E-state index >= 15 is 0 Å². The predicted octanol–water partition coefficient (Wildman–Crippen LogP) is 2.96. The van der Waals surface area contributed by atoms with Crippen molar-refractivity contribution in [3.05, 3.63) is 70.8 Å². The third-order valence-corrected chi connectivity index (χ3v) is 4.93. The molecule has 6 nitrogen and oxygen atoms in total. The molecule has 2 aromatic rings. The van der Waals surface area contributed by atoms with Crippen LogP contribution in [-0.2, 0) is 9.59 Å². The first-order valence-corrected chi connectivity index (χ1v) is 9.27. The van der Waals surface area contributed by atoms with Gasteiger partial charge in [-0.15, -0.1) is 0 Å². The van der Waals surface area contributed by atoms with Crippen molar-refractivity contribution in [3.8, 4) is 5.75 Å². The normalized spacial score (nSPS) is 18.3. The molecule has 1 N–H and O–H groups in total. The smallest absolute Gasteiger partial charge is 0.295 e.